The van der Waals surface area contributed by atoms with Crippen LogP contribution in [0.3, 0.4) is 0 Å². The van der Waals surface area contributed by atoms with Gasteiger partial charge in [-0.1, -0.05) is 13.8 Å². The summed E-state index contributed by atoms with van der Waals surface area (Å²) in [5.74, 6) is 2.45. The Bertz CT molecular complexity index is 1090. The number of amides is 1. The lowest BCUT2D eigenvalue weighted by molar-refractivity contribution is -0.0361. The van der Waals surface area contributed by atoms with Crippen molar-refractivity contribution in [3.63, 3.8) is 0 Å². The molecule has 0 spiro atoms. The Hall–Kier alpha value is -3.00. The Morgan fingerprint density at radius 1 is 1.22 bits per heavy atom. The molecule has 3 saturated heterocycles. The van der Waals surface area contributed by atoms with Gasteiger partial charge >= 0.3 is 6.09 Å². The number of aromatic nitrogens is 1. The smallest absolute Gasteiger partial charge is 0.407 e. The molecule has 1 unspecified atom stereocenters. The minimum Gasteiger partial charge on any atom is -0.496 e. The summed E-state index contributed by atoms with van der Waals surface area (Å²) >= 11 is 0. The molecule has 6 rings (SSSR count). The van der Waals surface area contributed by atoms with Crippen molar-refractivity contribution in [3.05, 3.63) is 36.0 Å². The molecule has 2 bridgehead atoms. The maximum atomic E-state index is 13.1. The first kappa shape index (κ1) is 24.7. The number of alkyl carbamates (subject to hydrolysis) is 1. The normalized spacial score (nSPS) is 26.1. The van der Waals surface area contributed by atoms with Gasteiger partial charge in [-0.2, -0.15) is 0 Å². The largest absolute Gasteiger partial charge is 0.496 e. The SMILES string of the molecule is COc1cc2c(cc1-c1ccc(OC(C)C)nc1)OCC(C)(C)C2NC(=O)O[C@@H]1CN2CCC1CC2. The van der Waals surface area contributed by atoms with Crippen LogP contribution in [0, 0.1) is 11.3 Å². The molecule has 0 radical (unpaired) electrons. The Balaban J connectivity index is 1.39. The lowest BCUT2D eigenvalue weighted by Gasteiger charge is -2.44. The molecule has 3 fully saturated rings. The van der Waals surface area contributed by atoms with E-state index < -0.39 is 0 Å². The average Bonchev–Trinajstić information content (AvgIpc) is 2.86. The summed E-state index contributed by atoms with van der Waals surface area (Å²) in [5.41, 5.74) is 2.31. The van der Waals surface area contributed by atoms with E-state index >= 15 is 0 Å². The second-order valence-corrected chi connectivity index (χ2v) is 11.1. The molecular formula is C28H37N3O5. The van der Waals surface area contributed by atoms with E-state index in [2.05, 4.69) is 29.0 Å². The Morgan fingerprint density at radius 3 is 2.61 bits per heavy atom. The van der Waals surface area contributed by atoms with Crippen molar-refractivity contribution < 1.29 is 23.7 Å². The molecule has 1 amide bonds. The van der Waals surface area contributed by atoms with Crippen LogP contribution in [0.2, 0.25) is 0 Å². The van der Waals surface area contributed by atoms with Crippen LogP contribution in [0.15, 0.2) is 30.5 Å². The Morgan fingerprint density at radius 2 is 2.00 bits per heavy atom. The molecule has 2 aromatic rings. The van der Waals surface area contributed by atoms with Gasteiger partial charge in [-0.05, 0) is 63.9 Å². The number of piperidine rings is 3. The van der Waals surface area contributed by atoms with Crippen molar-refractivity contribution in [2.75, 3.05) is 33.4 Å². The lowest BCUT2D eigenvalue weighted by Crippen LogP contribution is -2.53. The van der Waals surface area contributed by atoms with Gasteiger partial charge in [-0.3, -0.25) is 4.90 Å². The lowest BCUT2D eigenvalue weighted by atomic mass is 9.78. The predicted molar refractivity (Wildman–Crippen MR) is 137 cm³/mol. The first-order valence-electron chi connectivity index (χ1n) is 12.9. The third-order valence-corrected chi connectivity index (χ3v) is 7.54. The highest BCUT2D eigenvalue weighted by atomic mass is 16.6. The number of rotatable bonds is 6. The van der Waals surface area contributed by atoms with Gasteiger partial charge in [0.05, 0.1) is 25.9 Å². The number of nitrogens with one attached hydrogen (secondary N) is 1. The molecular weight excluding hydrogens is 458 g/mol. The number of nitrogens with zero attached hydrogens (tertiary/aromatic N) is 2. The van der Waals surface area contributed by atoms with Gasteiger partial charge in [0.1, 0.15) is 17.6 Å². The number of pyridine rings is 1. The zero-order valence-electron chi connectivity index (χ0n) is 21.9. The summed E-state index contributed by atoms with van der Waals surface area (Å²) in [4.78, 5) is 19.9. The molecule has 194 valence electrons. The number of carbonyl (C=O) groups is 1. The number of benzene rings is 1. The molecule has 1 aromatic carbocycles. The molecule has 0 saturated carbocycles. The van der Waals surface area contributed by atoms with Gasteiger partial charge in [-0.25, -0.2) is 9.78 Å². The number of methoxy groups -OCH3 is 1. The molecule has 8 nitrogen and oxygen atoms in total. The average molecular weight is 496 g/mol. The number of ether oxygens (including phenoxy) is 4. The van der Waals surface area contributed by atoms with E-state index in [0.29, 0.717) is 24.2 Å². The van der Waals surface area contributed by atoms with Crippen molar-refractivity contribution in [3.8, 4) is 28.5 Å². The standard InChI is InChI=1S/C28H37N3O5/c1-17(2)35-25-7-6-19(14-29-25)20-12-23-21(13-22(20)33-5)26(28(3,4)16-34-23)30-27(32)36-24-15-31-10-8-18(24)9-11-31/h6-7,12-14,17-18,24,26H,8-11,15-16H2,1-5H3,(H,30,32)/t24-,26?/m1/s1. The summed E-state index contributed by atoms with van der Waals surface area (Å²) in [5, 5.41) is 3.16. The minimum absolute atomic E-state index is 0.0398. The highest BCUT2D eigenvalue weighted by Crippen LogP contribution is 2.47. The first-order valence-corrected chi connectivity index (χ1v) is 12.9. The van der Waals surface area contributed by atoms with Crippen LogP contribution in [-0.4, -0.2) is 61.5 Å². The molecule has 1 N–H and O–H groups in total. The fourth-order valence-corrected chi connectivity index (χ4v) is 5.55. The van der Waals surface area contributed by atoms with Crippen LogP contribution < -0.4 is 19.5 Å². The van der Waals surface area contributed by atoms with Crippen LogP contribution in [0.25, 0.3) is 11.1 Å². The fraction of sp³-hybridized carbons (Fsp3) is 0.571. The van der Waals surface area contributed by atoms with E-state index in [1.807, 2.05) is 38.1 Å². The molecule has 36 heavy (non-hydrogen) atoms. The summed E-state index contributed by atoms with van der Waals surface area (Å²) < 4.78 is 23.6. The second kappa shape index (κ2) is 9.81. The van der Waals surface area contributed by atoms with Crippen molar-refractivity contribution in [2.45, 2.75) is 58.8 Å². The predicted octanol–water partition coefficient (Wildman–Crippen LogP) is 4.82. The Kier molecular flexibility index (Phi) is 6.72. The molecule has 4 aliphatic heterocycles. The molecule has 8 heteroatoms. The van der Waals surface area contributed by atoms with Crippen molar-refractivity contribution in [1.82, 2.24) is 15.2 Å². The maximum Gasteiger partial charge on any atom is 0.407 e. The van der Waals surface area contributed by atoms with E-state index in [4.69, 9.17) is 18.9 Å². The van der Waals surface area contributed by atoms with Crippen LogP contribution in [0.4, 0.5) is 4.79 Å². The van der Waals surface area contributed by atoms with E-state index in [0.717, 1.165) is 54.9 Å². The molecule has 1 aromatic heterocycles. The summed E-state index contributed by atoms with van der Waals surface area (Å²) in [6, 6.07) is 7.47. The zero-order chi connectivity index (χ0) is 25.4. The van der Waals surface area contributed by atoms with E-state index in [-0.39, 0.29) is 29.8 Å². The van der Waals surface area contributed by atoms with Gasteiger partial charge < -0.3 is 24.3 Å². The Labute approximate surface area is 213 Å². The fourth-order valence-electron chi connectivity index (χ4n) is 5.55. The zero-order valence-corrected chi connectivity index (χ0v) is 21.9. The molecule has 5 heterocycles. The van der Waals surface area contributed by atoms with Crippen molar-refractivity contribution >= 4 is 6.09 Å². The monoisotopic (exact) mass is 495 g/mol. The number of hydrogen-bond acceptors (Lipinski definition) is 7. The van der Waals surface area contributed by atoms with Gasteiger partial charge in [0, 0.05) is 40.9 Å². The highest BCUT2D eigenvalue weighted by Gasteiger charge is 2.41. The quantitative estimate of drug-likeness (QED) is 0.615. The van der Waals surface area contributed by atoms with Crippen molar-refractivity contribution in [1.29, 1.82) is 0 Å². The summed E-state index contributed by atoms with van der Waals surface area (Å²) in [7, 11) is 1.65. The third-order valence-electron chi connectivity index (χ3n) is 7.54. The van der Waals surface area contributed by atoms with Crippen LogP contribution in [-0.2, 0) is 4.74 Å². The van der Waals surface area contributed by atoms with Crippen LogP contribution in [0.1, 0.15) is 52.1 Å². The van der Waals surface area contributed by atoms with E-state index in [9.17, 15) is 4.79 Å². The molecule has 4 aliphatic rings. The minimum atomic E-state index is -0.368. The van der Waals surface area contributed by atoms with Gasteiger partial charge in [0.2, 0.25) is 5.88 Å². The van der Waals surface area contributed by atoms with Gasteiger partial charge in [-0.15, -0.1) is 0 Å². The molecule has 2 atom stereocenters. The molecule has 0 aliphatic carbocycles. The van der Waals surface area contributed by atoms with Crippen LogP contribution >= 0.6 is 0 Å². The van der Waals surface area contributed by atoms with E-state index in [1.54, 1.807) is 13.3 Å². The van der Waals surface area contributed by atoms with E-state index in [1.165, 1.54) is 0 Å². The number of hydrogen-bond donors (Lipinski definition) is 1. The van der Waals surface area contributed by atoms with Crippen LogP contribution in [0.5, 0.6) is 17.4 Å². The topological polar surface area (TPSA) is 82.2 Å². The second-order valence-electron chi connectivity index (χ2n) is 11.1. The summed E-state index contributed by atoms with van der Waals surface area (Å²) in [6.07, 6.45) is 3.62. The van der Waals surface area contributed by atoms with Gasteiger partial charge in [0.25, 0.3) is 0 Å². The highest BCUT2D eigenvalue weighted by molar-refractivity contribution is 5.74. The first-order chi connectivity index (χ1) is 17.2. The van der Waals surface area contributed by atoms with Gasteiger partial charge in [0.15, 0.2) is 0 Å². The maximum absolute atomic E-state index is 13.1. The number of fused-ring (bicyclic) bond motifs is 4. The summed E-state index contributed by atoms with van der Waals surface area (Å²) in [6.45, 7) is 11.6. The van der Waals surface area contributed by atoms with Crippen molar-refractivity contribution in [2.24, 2.45) is 11.3 Å². The third kappa shape index (κ3) is 4.96. The number of carbonyl (C=O) groups excluding carboxylic acids is 1.